The predicted octanol–water partition coefficient (Wildman–Crippen LogP) is 5.64. The highest BCUT2D eigenvalue weighted by Crippen LogP contribution is 2.37. The summed E-state index contributed by atoms with van der Waals surface area (Å²) in [6.45, 7) is 4.55. The monoisotopic (exact) mass is 298 g/mol. The molecule has 0 aliphatic heterocycles. The highest BCUT2D eigenvalue weighted by atomic mass is 35.5. The number of benzene rings is 1. The molecule has 3 heteroatoms. The van der Waals surface area contributed by atoms with Crippen LogP contribution in [0.25, 0.3) is 0 Å². The smallest absolute Gasteiger partial charge is 0.164 e. The zero-order valence-electron chi connectivity index (χ0n) is 11.5. The molecule has 0 amide bonds. The first kappa shape index (κ1) is 14.9. The van der Waals surface area contributed by atoms with Crippen molar-refractivity contribution in [3.05, 3.63) is 33.8 Å². The van der Waals surface area contributed by atoms with E-state index in [2.05, 4.69) is 13.8 Å². The van der Waals surface area contributed by atoms with Gasteiger partial charge in [-0.15, -0.1) is 0 Å². The van der Waals surface area contributed by atoms with Gasteiger partial charge in [0.15, 0.2) is 5.78 Å². The average Bonchev–Trinajstić information content (AvgIpc) is 2.38. The molecule has 0 spiro atoms. The SMILES string of the molecule is CC1CCCC(CC(=O)c2cccc(Cl)c2Cl)C1C. The van der Waals surface area contributed by atoms with Gasteiger partial charge >= 0.3 is 0 Å². The fraction of sp³-hybridized carbons (Fsp3) is 0.562. The quantitative estimate of drug-likeness (QED) is 0.660. The summed E-state index contributed by atoms with van der Waals surface area (Å²) in [6.07, 6.45) is 4.25. The number of carbonyl (C=O) groups is 1. The normalized spacial score (nSPS) is 27.3. The summed E-state index contributed by atoms with van der Waals surface area (Å²) in [6, 6.07) is 5.27. The fourth-order valence-corrected chi connectivity index (χ4v) is 3.45. The first-order valence-electron chi connectivity index (χ1n) is 6.98. The van der Waals surface area contributed by atoms with Gasteiger partial charge in [0.2, 0.25) is 0 Å². The van der Waals surface area contributed by atoms with Gasteiger partial charge in [-0.3, -0.25) is 4.79 Å². The summed E-state index contributed by atoms with van der Waals surface area (Å²) in [5, 5.41) is 0.850. The van der Waals surface area contributed by atoms with Crippen molar-refractivity contribution in [2.45, 2.75) is 39.5 Å². The fourth-order valence-electron chi connectivity index (χ4n) is 3.05. The largest absolute Gasteiger partial charge is 0.294 e. The van der Waals surface area contributed by atoms with Gasteiger partial charge < -0.3 is 0 Å². The van der Waals surface area contributed by atoms with E-state index in [9.17, 15) is 4.79 Å². The van der Waals surface area contributed by atoms with E-state index in [0.29, 0.717) is 39.8 Å². The van der Waals surface area contributed by atoms with Crippen LogP contribution in [0, 0.1) is 17.8 Å². The van der Waals surface area contributed by atoms with Crippen molar-refractivity contribution in [3.63, 3.8) is 0 Å². The Hall–Kier alpha value is -0.530. The maximum Gasteiger partial charge on any atom is 0.164 e. The Bertz CT molecular complexity index is 470. The maximum absolute atomic E-state index is 12.4. The van der Waals surface area contributed by atoms with E-state index in [-0.39, 0.29) is 5.78 Å². The minimum Gasteiger partial charge on any atom is -0.294 e. The molecule has 2 rings (SSSR count). The molecule has 0 aromatic heterocycles. The minimum absolute atomic E-state index is 0.124. The third-order valence-electron chi connectivity index (χ3n) is 4.58. The molecule has 1 fully saturated rings. The van der Waals surface area contributed by atoms with Crippen molar-refractivity contribution < 1.29 is 4.79 Å². The number of hydrogen-bond acceptors (Lipinski definition) is 1. The van der Waals surface area contributed by atoms with Crippen molar-refractivity contribution in [3.8, 4) is 0 Å². The second-order valence-corrected chi connectivity index (χ2v) is 6.54. The van der Waals surface area contributed by atoms with Crippen LogP contribution in [0.2, 0.25) is 10.0 Å². The van der Waals surface area contributed by atoms with E-state index in [0.717, 1.165) is 6.42 Å². The van der Waals surface area contributed by atoms with Gasteiger partial charge in [-0.05, 0) is 36.3 Å². The molecule has 104 valence electrons. The number of hydrogen-bond donors (Lipinski definition) is 0. The lowest BCUT2D eigenvalue weighted by Gasteiger charge is -2.33. The zero-order chi connectivity index (χ0) is 14.0. The summed E-state index contributed by atoms with van der Waals surface area (Å²) in [5.41, 5.74) is 0.569. The van der Waals surface area contributed by atoms with Crippen molar-refractivity contribution in [1.82, 2.24) is 0 Å². The number of carbonyl (C=O) groups excluding carboxylic acids is 1. The Kier molecular flexibility index (Phi) is 4.92. The van der Waals surface area contributed by atoms with Crippen LogP contribution in [0.5, 0.6) is 0 Å². The Morgan fingerprint density at radius 3 is 2.74 bits per heavy atom. The van der Waals surface area contributed by atoms with E-state index >= 15 is 0 Å². The number of rotatable bonds is 3. The average molecular weight is 299 g/mol. The van der Waals surface area contributed by atoms with E-state index < -0.39 is 0 Å². The molecule has 1 aliphatic carbocycles. The summed E-state index contributed by atoms with van der Waals surface area (Å²) >= 11 is 12.1. The van der Waals surface area contributed by atoms with Gasteiger partial charge in [0.25, 0.3) is 0 Å². The standard InChI is InChI=1S/C16H20Cl2O/c1-10-5-3-6-12(11(10)2)9-15(19)13-7-4-8-14(17)16(13)18/h4,7-8,10-12H,3,5-6,9H2,1-2H3. The number of ketones is 1. The van der Waals surface area contributed by atoms with Crippen LogP contribution in [-0.4, -0.2) is 5.78 Å². The van der Waals surface area contributed by atoms with Crippen molar-refractivity contribution >= 4 is 29.0 Å². The van der Waals surface area contributed by atoms with Gasteiger partial charge in [-0.25, -0.2) is 0 Å². The summed E-state index contributed by atoms with van der Waals surface area (Å²) in [4.78, 5) is 12.4. The van der Waals surface area contributed by atoms with E-state index in [1.807, 2.05) is 0 Å². The van der Waals surface area contributed by atoms with Crippen LogP contribution in [0.15, 0.2) is 18.2 Å². The van der Waals surface area contributed by atoms with Crippen LogP contribution < -0.4 is 0 Å². The topological polar surface area (TPSA) is 17.1 Å². The molecule has 0 radical (unpaired) electrons. The lowest BCUT2D eigenvalue weighted by Crippen LogP contribution is -2.26. The van der Waals surface area contributed by atoms with Crippen LogP contribution in [0.3, 0.4) is 0 Å². The third-order valence-corrected chi connectivity index (χ3v) is 5.39. The van der Waals surface area contributed by atoms with Crippen LogP contribution >= 0.6 is 23.2 Å². The van der Waals surface area contributed by atoms with E-state index in [4.69, 9.17) is 23.2 Å². The molecule has 1 aliphatic rings. The molecule has 1 saturated carbocycles. The Labute approximate surface area is 125 Å². The van der Waals surface area contributed by atoms with Crippen molar-refractivity contribution in [2.24, 2.45) is 17.8 Å². The third kappa shape index (κ3) is 3.32. The molecule has 0 bridgehead atoms. The molecule has 0 saturated heterocycles. The van der Waals surface area contributed by atoms with E-state index in [1.165, 1.54) is 12.8 Å². The van der Waals surface area contributed by atoms with Gasteiger partial charge in [-0.2, -0.15) is 0 Å². The molecule has 1 aromatic carbocycles. The first-order valence-corrected chi connectivity index (χ1v) is 7.73. The van der Waals surface area contributed by atoms with Gasteiger partial charge in [0, 0.05) is 12.0 Å². The lowest BCUT2D eigenvalue weighted by atomic mass is 9.71. The molecule has 1 aromatic rings. The highest BCUT2D eigenvalue weighted by Gasteiger charge is 2.29. The molecule has 1 nitrogen and oxygen atoms in total. The Morgan fingerprint density at radius 1 is 1.26 bits per heavy atom. The Balaban J connectivity index is 2.10. The summed E-state index contributed by atoms with van der Waals surface area (Å²) < 4.78 is 0. The number of Topliss-reactive ketones (excluding diaryl/α,β-unsaturated/α-hetero) is 1. The van der Waals surface area contributed by atoms with Gasteiger partial charge in [-0.1, -0.05) is 56.0 Å². The molecule has 0 N–H and O–H groups in total. The maximum atomic E-state index is 12.4. The molecule has 19 heavy (non-hydrogen) atoms. The van der Waals surface area contributed by atoms with Gasteiger partial charge in [0.1, 0.15) is 0 Å². The van der Waals surface area contributed by atoms with Crippen molar-refractivity contribution in [2.75, 3.05) is 0 Å². The molecule has 0 heterocycles. The molecular formula is C16H20Cl2O. The highest BCUT2D eigenvalue weighted by molar-refractivity contribution is 6.43. The summed E-state index contributed by atoms with van der Waals surface area (Å²) in [7, 11) is 0. The first-order chi connectivity index (χ1) is 9.00. The molecule has 3 atom stereocenters. The number of halogens is 2. The minimum atomic E-state index is 0.124. The predicted molar refractivity (Wildman–Crippen MR) is 81.1 cm³/mol. The van der Waals surface area contributed by atoms with Crippen LogP contribution in [0.1, 0.15) is 49.9 Å². The molecule has 3 unspecified atom stereocenters. The van der Waals surface area contributed by atoms with E-state index in [1.54, 1.807) is 18.2 Å². The second kappa shape index (κ2) is 6.28. The Morgan fingerprint density at radius 2 is 2.00 bits per heavy atom. The van der Waals surface area contributed by atoms with Crippen LogP contribution in [-0.2, 0) is 0 Å². The zero-order valence-corrected chi connectivity index (χ0v) is 13.0. The lowest BCUT2D eigenvalue weighted by molar-refractivity contribution is 0.0897. The van der Waals surface area contributed by atoms with Gasteiger partial charge in [0.05, 0.1) is 10.0 Å². The van der Waals surface area contributed by atoms with Crippen molar-refractivity contribution in [1.29, 1.82) is 0 Å². The molecular weight excluding hydrogens is 279 g/mol. The second-order valence-electron chi connectivity index (χ2n) is 5.76. The summed E-state index contributed by atoms with van der Waals surface area (Å²) in [5.74, 6) is 1.92. The van der Waals surface area contributed by atoms with Crippen LogP contribution in [0.4, 0.5) is 0 Å².